The smallest absolute Gasteiger partial charge is 0.184 e. The minimum Gasteiger partial charge on any atom is -0.352 e. The highest BCUT2D eigenvalue weighted by Crippen LogP contribution is 2.52. The number of rotatable bonds is 2. The molecule has 0 amide bonds. The Morgan fingerprint density at radius 2 is 2.08 bits per heavy atom. The second-order valence-corrected chi connectivity index (χ2v) is 3.46. The largest absolute Gasteiger partial charge is 0.352 e. The van der Waals surface area contributed by atoms with Crippen molar-refractivity contribution in [2.75, 3.05) is 14.2 Å². The predicted octanol–water partition coefficient (Wildman–Crippen LogP) is 1.74. The Kier molecular flexibility index (Phi) is 1.63. The standard InChI is InChI=1S/C10H14O2/c1-7-6-8-4-5-9(7)10(8,11-2)12-3/h4-5,8-9H,1,6H2,2-3H3. The molecule has 0 heterocycles. The van der Waals surface area contributed by atoms with Crippen molar-refractivity contribution < 1.29 is 9.47 Å². The molecule has 0 radical (unpaired) electrons. The minimum absolute atomic E-state index is 0.262. The van der Waals surface area contributed by atoms with Gasteiger partial charge in [-0.05, 0) is 6.42 Å². The molecule has 0 saturated heterocycles. The SMILES string of the molecule is C=C1CC2C=CC1C2(OC)OC. The van der Waals surface area contributed by atoms with Gasteiger partial charge in [0, 0.05) is 20.1 Å². The first kappa shape index (κ1) is 8.02. The molecule has 2 bridgehead atoms. The summed E-state index contributed by atoms with van der Waals surface area (Å²) in [6.45, 7) is 4.02. The van der Waals surface area contributed by atoms with Gasteiger partial charge < -0.3 is 9.47 Å². The molecule has 1 saturated carbocycles. The van der Waals surface area contributed by atoms with Gasteiger partial charge in [-0.1, -0.05) is 24.3 Å². The van der Waals surface area contributed by atoms with Crippen molar-refractivity contribution >= 4 is 0 Å². The highest BCUT2D eigenvalue weighted by atomic mass is 16.7. The highest BCUT2D eigenvalue weighted by Gasteiger charge is 2.54. The van der Waals surface area contributed by atoms with Crippen LogP contribution < -0.4 is 0 Å². The van der Waals surface area contributed by atoms with E-state index >= 15 is 0 Å². The predicted molar refractivity (Wildman–Crippen MR) is 46.6 cm³/mol. The van der Waals surface area contributed by atoms with E-state index in [0.29, 0.717) is 5.92 Å². The van der Waals surface area contributed by atoms with Gasteiger partial charge in [0.05, 0.1) is 5.92 Å². The van der Waals surface area contributed by atoms with Crippen LogP contribution in [0.3, 0.4) is 0 Å². The maximum atomic E-state index is 5.46. The lowest BCUT2D eigenvalue weighted by Crippen LogP contribution is -2.39. The Hall–Kier alpha value is -0.600. The van der Waals surface area contributed by atoms with Gasteiger partial charge in [0.1, 0.15) is 0 Å². The molecule has 12 heavy (non-hydrogen) atoms. The molecule has 0 spiro atoms. The van der Waals surface area contributed by atoms with Crippen LogP contribution in [0.2, 0.25) is 0 Å². The Morgan fingerprint density at radius 1 is 1.42 bits per heavy atom. The third kappa shape index (κ3) is 0.718. The fourth-order valence-electron chi connectivity index (χ4n) is 2.42. The molecule has 2 heteroatoms. The van der Waals surface area contributed by atoms with E-state index in [1.165, 1.54) is 5.57 Å². The molecule has 0 aromatic heterocycles. The van der Waals surface area contributed by atoms with E-state index in [-0.39, 0.29) is 5.92 Å². The zero-order valence-corrected chi connectivity index (χ0v) is 7.54. The molecule has 2 aliphatic carbocycles. The zero-order chi connectivity index (χ0) is 8.77. The molecule has 2 aliphatic rings. The second kappa shape index (κ2) is 2.44. The van der Waals surface area contributed by atoms with Crippen LogP contribution in [0.4, 0.5) is 0 Å². The summed E-state index contributed by atoms with van der Waals surface area (Å²) in [5.74, 6) is 0.194. The fraction of sp³-hybridized carbons (Fsp3) is 0.600. The summed E-state index contributed by atoms with van der Waals surface area (Å²) in [7, 11) is 3.41. The van der Waals surface area contributed by atoms with Crippen molar-refractivity contribution in [2.45, 2.75) is 12.2 Å². The van der Waals surface area contributed by atoms with E-state index in [4.69, 9.17) is 9.47 Å². The Bertz CT molecular complexity index is 238. The number of ether oxygens (including phenoxy) is 2. The van der Waals surface area contributed by atoms with E-state index in [1.807, 2.05) is 0 Å². The van der Waals surface area contributed by atoms with Crippen molar-refractivity contribution in [3.05, 3.63) is 24.3 Å². The maximum absolute atomic E-state index is 5.46. The fourth-order valence-corrected chi connectivity index (χ4v) is 2.42. The van der Waals surface area contributed by atoms with Crippen molar-refractivity contribution in [3.8, 4) is 0 Å². The molecule has 0 aromatic rings. The Balaban J connectivity index is 2.36. The molecule has 66 valence electrons. The second-order valence-electron chi connectivity index (χ2n) is 3.46. The summed E-state index contributed by atoms with van der Waals surface area (Å²) in [6.07, 6.45) is 5.32. The monoisotopic (exact) mass is 166 g/mol. The van der Waals surface area contributed by atoms with Gasteiger partial charge in [0.25, 0.3) is 0 Å². The van der Waals surface area contributed by atoms with Gasteiger partial charge in [0.2, 0.25) is 0 Å². The van der Waals surface area contributed by atoms with Crippen molar-refractivity contribution in [1.82, 2.24) is 0 Å². The Morgan fingerprint density at radius 3 is 2.33 bits per heavy atom. The van der Waals surface area contributed by atoms with Crippen molar-refractivity contribution in [2.24, 2.45) is 11.8 Å². The van der Waals surface area contributed by atoms with Crippen LogP contribution in [0.5, 0.6) is 0 Å². The number of fused-ring (bicyclic) bond motifs is 2. The van der Waals surface area contributed by atoms with Crippen molar-refractivity contribution in [1.29, 1.82) is 0 Å². The maximum Gasteiger partial charge on any atom is 0.184 e. The van der Waals surface area contributed by atoms with Crippen LogP contribution in [0.15, 0.2) is 24.3 Å². The average molecular weight is 166 g/mol. The number of methoxy groups -OCH3 is 2. The van der Waals surface area contributed by atoms with Gasteiger partial charge in [-0.15, -0.1) is 0 Å². The van der Waals surface area contributed by atoms with Gasteiger partial charge in [-0.25, -0.2) is 0 Å². The zero-order valence-electron chi connectivity index (χ0n) is 7.54. The first-order chi connectivity index (χ1) is 5.74. The molecular weight excluding hydrogens is 152 g/mol. The topological polar surface area (TPSA) is 18.5 Å². The quantitative estimate of drug-likeness (QED) is 0.459. The molecule has 1 fully saturated rings. The Labute approximate surface area is 72.9 Å². The van der Waals surface area contributed by atoms with E-state index in [0.717, 1.165) is 6.42 Å². The van der Waals surface area contributed by atoms with Crippen LogP contribution >= 0.6 is 0 Å². The molecule has 0 aromatic carbocycles. The summed E-state index contributed by atoms with van der Waals surface area (Å²) in [5.41, 5.74) is 1.23. The van der Waals surface area contributed by atoms with Crippen molar-refractivity contribution in [3.63, 3.8) is 0 Å². The van der Waals surface area contributed by atoms with Gasteiger partial charge >= 0.3 is 0 Å². The van der Waals surface area contributed by atoms with Crippen LogP contribution in [0.25, 0.3) is 0 Å². The first-order valence-corrected chi connectivity index (χ1v) is 4.21. The highest BCUT2D eigenvalue weighted by molar-refractivity contribution is 5.32. The molecular formula is C10H14O2. The van der Waals surface area contributed by atoms with Crippen LogP contribution in [-0.2, 0) is 9.47 Å². The summed E-state index contributed by atoms with van der Waals surface area (Å²) < 4.78 is 10.9. The average Bonchev–Trinajstić information content (AvgIpc) is 2.56. The summed E-state index contributed by atoms with van der Waals surface area (Å²) in [6, 6.07) is 0. The van der Waals surface area contributed by atoms with Gasteiger partial charge in [-0.2, -0.15) is 0 Å². The van der Waals surface area contributed by atoms with E-state index in [9.17, 15) is 0 Å². The van der Waals surface area contributed by atoms with Crippen LogP contribution in [0.1, 0.15) is 6.42 Å². The lowest BCUT2D eigenvalue weighted by Gasteiger charge is -2.31. The molecule has 2 unspecified atom stereocenters. The molecule has 2 atom stereocenters. The third-order valence-electron chi connectivity index (χ3n) is 3.05. The van der Waals surface area contributed by atoms with Gasteiger partial charge in [0.15, 0.2) is 5.79 Å². The molecule has 0 aliphatic heterocycles. The molecule has 2 nitrogen and oxygen atoms in total. The lowest BCUT2D eigenvalue weighted by atomic mass is 10.0. The van der Waals surface area contributed by atoms with Crippen LogP contribution in [0, 0.1) is 11.8 Å². The normalized spacial score (nSPS) is 36.3. The summed E-state index contributed by atoms with van der Waals surface area (Å²) in [5, 5.41) is 0. The van der Waals surface area contributed by atoms with E-state index < -0.39 is 5.79 Å². The number of hydrogen-bond acceptors (Lipinski definition) is 2. The first-order valence-electron chi connectivity index (χ1n) is 4.21. The lowest BCUT2D eigenvalue weighted by molar-refractivity contribution is -0.227. The summed E-state index contributed by atoms with van der Waals surface area (Å²) in [4.78, 5) is 0. The number of hydrogen-bond donors (Lipinski definition) is 0. The third-order valence-corrected chi connectivity index (χ3v) is 3.05. The van der Waals surface area contributed by atoms with E-state index in [1.54, 1.807) is 14.2 Å². The molecule has 2 rings (SSSR count). The molecule has 0 N–H and O–H groups in total. The van der Waals surface area contributed by atoms with Crippen LogP contribution in [-0.4, -0.2) is 20.0 Å². The van der Waals surface area contributed by atoms with Gasteiger partial charge in [-0.3, -0.25) is 0 Å². The van der Waals surface area contributed by atoms with E-state index in [2.05, 4.69) is 18.7 Å². The summed E-state index contributed by atoms with van der Waals surface area (Å²) >= 11 is 0. The minimum atomic E-state index is -0.433.